The first-order valence-corrected chi connectivity index (χ1v) is 4.36. The number of fused-ring (bicyclic) bond motifs is 1. The fraction of sp³-hybridized carbons (Fsp3) is 0.333. The molecule has 1 heterocycles. The highest BCUT2D eigenvalue weighted by Gasteiger charge is 2.21. The Hall–Kier alpha value is -0.470. The summed E-state index contributed by atoms with van der Waals surface area (Å²) in [6.45, 7) is 0.965. The zero-order valence-corrected chi connectivity index (χ0v) is 7.09. The Morgan fingerprint density at radius 2 is 2.45 bits per heavy atom. The molecule has 2 unspecified atom stereocenters. The molecule has 2 heteroatoms. The summed E-state index contributed by atoms with van der Waals surface area (Å²) in [6, 6.07) is 0.424. The molecule has 0 aromatic rings. The summed E-state index contributed by atoms with van der Waals surface area (Å²) in [7, 11) is 0. The summed E-state index contributed by atoms with van der Waals surface area (Å²) in [5.41, 5.74) is 1.35. The first-order valence-electron chi connectivity index (χ1n) is 3.84. The molecule has 2 rings (SSSR count). The van der Waals surface area contributed by atoms with Gasteiger partial charge in [-0.1, -0.05) is 30.4 Å². The predicted molar refractivity (Wildman–Crippen MR) is 50.9 cm³/mol. The molecule has 0 spiro atoms. The molecular formula is C9H11NS. The first-order chi connectivity index (χ1) is 5.38. The van der Waals surface area contributed by atoms with Crippen molar-refractivity contribution in [2.75, 3.05) is 6.54 Å². The van der Waals surface area contributed by atoms with Gasteiger partial charge in [-0.15, -0.1) is 0 Å². The van der Waals surface area contributed by atoms with Crippen molar-refractivity contribution in [2.24, 2.45) is 0 Å². The van der Waals surface area contributed by atoms with E-state index < -0.39 is 0 Å². The number of hydrogen-bond acceptors (Lipinski definition) is 2. The Kier molecular flexibility index (Phi) is 1.88. The van der Waals surface area contributed by atoms with Crippen molar-refractivity contribution in [3.05, 3.63) is 36.0 Å². The third kappa shape index (κ3) is 1.28. The molecule has 1 aliphatic carbocycles. The van der Waals surface area contributed by atoms with Gasteiger partial charge in [0.2, 0.25) is 0 Å². The second-order valence-electron chi connectivity index (χ2n) is 2.83. The largest absolute Gasteiger partial charge is 0.305 e. The second kappa shape index (κ2) is 2.88. The van der Waals surface area contributed by atoms with Gasteiger partial charge < -0.3 is 5.32 Å². The van der Waals surface area contributed by atoms with Crippen molar-refractivity contribution in [1.82, 2.24) is 5.32 Å². The lowest BCUT2D eigenvalue weighted by Gasteiger charge is -2.28. The molecule has 58 valence electrons. The number of rotatable bonds is 0. The molecule has 0 fully saturated rings. The Morgan fingerprint density at radius 1 is 1.55 bits per heavy atom. The van der Waals surface area contributed by atoms with Crippen molar-refractivity contribution in [2.45, 2.75) is 11.3 Å². The van der Waals surface area contributed by atoms with Crippen molar-refractivity contribution in [3.8, 4) is 0 Å². The fourth-order valence-electron chi connectivity index (χ4n) is 1.48. The Labute approximate surface area is 72.3 Å². The lowest BCUT2D eigenvalue weighted by Crippen LogP contribution is -2.40. The van der Waals surface area contributed by atoms with E-state index in [9.17, 15) is 0 Å². The Balaban J connectivity index is 2.29. The summed E-state index contributed by atoms with van der Waals surface area (Å²) in [5, 5.41) is 3.72. The highest BCUT2D eigenvalue weighted by Crippen LogP contribution is 2.20. The highest BCUT2D eigenvalue weighted by atomic mass is 32.1. The highest BCUT2D eigenvalue weighted by molar-refractivity contribution is 7.81. The van der Waals surface area contributed by atoms with Crippen LogP contribution in [-0.2, 0) is 0 Å². The monoisotopic (exact) mass is 165 g/mol. The van der Waals surface area contributed by atoms with Gasteiger partial charge in [-0.3, -0.25) is 0 Å². The average Bonchev–Trinajstić information content (AvgIpc) is 2.06. The van der Waals surface area contributed by atoms with Gasteiger partial charge in [-0.25, -0.2) is 0 Å². The molecule has 0 saturated heterocycles. The van der Waals surface area contributed by atoms with Gasteiger partial charge in [0.15, 0.2) is 0 Å². The van der Waals surface area contributed by atoms with Gasteiger partial charge in [0, 0.05) is 17.8 Å². The van der Waals surface area contributed by atoms with Crippen LogP contribution in [0.25, 0.3) is 0 Å². The summed E-state index contributed by atoms with van der Waals surface area (Å²) in [4.78, 5) is 0. The average molecular weight is 165 g/mol. The van der Waals surface area contributed by atoms with Crippen LogP contribution >= 0.6 is 12.6 Å². The minimum Gasteiger partial charge on any atom is -0.305 e. The van der Waals surface area contributed by atoms with Gasteiger partial charge in [0.25, 0.3) is 0 Å². The molecule has 2 atom stereocenters. The number of hydrogen-bond donors (Lipinski definition) is 2. The van der Waals surface area contributed by atoms with Gasteiger partial charge in [0.1, 0.15) is 0 Å². The van der Waals surface area contributed by atoms with Crippen molar-refractivity contribution < 1.29 is 0 Å². The van der Waals surface area contributed by atoms with E-state index in [0.717, 1.165) is 6.54 Å². The standard InChI is InChI=1S/C9H11NS/c11-8-5-1-3-7-4-2-6-10-9(7)8/h1-5,8-11H,6H2. The molecule has 11 heavy (non-hydrogen) atoms. The summed E-state index contributed by atoms with van der Waals surface area (Å²) in [6.07, 6.45) is 10.6. The van der Waals surface area contributed by atoms with Crippen LogP contribution < -0.4 is 5.32 Å². The fourth-order valence-corrected chi connectivity index (χ4v) is 1.86. The van der Waals surface area contributed by atoms with Crippen molar-refractivity contribution in [1.29, 1.82) is 0 Å². The van der Waals surface area contributed by atoms with Crippen LogP contribution in [0.15, 0.2) is 36.0 Å². The third-order valence-electron chi connectivity index (χ3n) is 2.06. The maximum absolute atomic E-state index is 4.46. The number of nitrogens with one attached hydrogen (secondary N) is 1. The minimum atomic E-state index is 0.333. The van der Waals surface area contributed by atoms with E-state index in [1.54, 1.807) is 0 Å². The maximum Gasteiger partial charge on any atom is 0.0476 e. The maximum atomic E-state index is 4.46. The molecule has 1 aliphatic heterocycles. The molecule has 0 radical (unpaired) electrons. The molecule has 0 aromatic heterocycles. The van der Waals surface area contributed by atoms with E-state index in [2.05, 4.69) is 48.3 Å². The zero-order chi connectivity index (χ0) is 7.68. The van der Waals surface area contributed by atoms with Gasteiger partial charge in [-0.05, 0) is 5.57 Å². The van der Waals surface area contributed by atoms with Crippen LogP contribution in [0.5, 0.6) is 0 Å². The molecule has 2 aliphatic rings. The van der Waals surface area contributed by atoms with E-state index in [1.807, 2.05) is 0 Å². The smallest absolute Gasteiger partial charge is 0.0476 e. The SMILES string of the molecule is SC1C=CC=C2C=CCNC21. The molecule has 0 amide bonds. The Bertz CT molecular complexity index is 240. The van der Waals surface area contributed by atoms with E-state index in [0.29, 0.717) is 11.3 Å². The van der Waals surface area contributed by atoms with Crippen molar-refractivity contribution in [3.63, 3.8) is 0 Å². The van der Waals surface area contributed by atoms with E-state index in [1.165, 1.54) is 5.57 Å². The van der Waals surface area contributed by atoms with E-state index in [-0.39, 0.29) is 0 Å². The summed E-state index contributed by atoms with van der Waals surface area (Å²) in [5.74, 6) is 0. The second-order valence-corrected chi connectivity index (χ2v) is 3.43. The number of thiol groups is 1. The van der Waals surface area contributed by atoms with Crippen LogP contribution in [0.3, 0.4) is 0 Å². The molecule has 1 N–H and O–H groups in total. The van der Waals surface area contributed by atoms with Crippen LogP contribution in [0, 0.1) is 0 Å². The first kappa shape index (κ1) is 7.19. The third-order valence-corrected chi connectivity index (χ3v) is 2.53. The van der Waals surface area contributed by atoms with Gasteiger partial charge in [-0.2, -0.15) is 12.6 Å². The summed E-state index contributed by atoms with van der Waals surface area (Å²) < 4.78 is 0. The topological polar surface area (TPSA) is 12.0 Å². The number of allylic oxidation sites excluding steroid dienone is 2. The quantitative estimate of drug-likeness (QED) is 0.516. The van der Waals surface area contributed by atoms with Gasteiger partial charge in [0.05, 0.1) is 0 Å². The van der Waals surface area contributed by atoms with Crippen LogP contribution in [0.4, 0.5) is 0 Å². The molecule has 1 nitrogen and oxygen atoms in total. The lowest BCUT2D eigenvalue weighted by molar-refractivity contribution is 0.615. The van der Waals surface area contributed by atoms with Crippen molar-refractivity contribution >= 4 is 12.6 Å². The molecule has 0 bridgehead atoms. The van der Waals surface area contributed by atoms with E-state index >= 15 is 0 Å². The molecular weight excluding hydrogens is 154 g/mol. The van der Waals surface area contributed by atoms with Crippen LogP contribution in [0.2, 0.25) is 0 Å². The Morgan fingerprint density at radius 3 is 3.27 bits per heavy atom. The van der Waals surface area contributed by atoms with E-state index in [4.69, 9.17) is 0 Å². The zero-order valence-electron chi connectivity index (χ0n) is 6.20. The molecule has 0 aromatic carbocycles. The summed E-state index contributed by atoms with van der Waals surface area (Å²) >= 11 is 4.46. The van der Waals surface area contributed by atoms with Crippen LogP contribution in [-0.4, -0.2) is 17.8 Å². The van der Waals surface area contributed by atoms with Crippen LogP contribution in [0.1, 0.15) is 0 Å². The lowest BCUT2D eigenvalue weighted by atomic mass is 9.96. The predicted octanol–water partition coefficient (Wildman–Crippen LogP) is 1.31. The normalized spacial score (nSPS) is 34.8. The minimum absolute atomic E-state index is 0.333. The van der Waals surface area contributed by atoms with Gasteiger partial charge >= 0.3 is 0 Å². The molecule has 0 saturated carbocycles.